The quantitative estimate of drug-likeness (QED) is 0.872. The van der Waals surface area contributed by atoms with Gasteiger partial charge in [0.1, 0.15) is 5.69 Å². The van der Waals surface area contributed by atoms with Gasteiger partial charge in [0.2, 0.25) is 0 Å². The third-order valence-corrected chi connectivity index (χ3v) is 2.17. The maximum atomic E-state index is 12.4. The number of nitrogen functional groups attached to an aromatic ring is 1. The molecule has 2 N–H and O–H groups in total. The van der Waals surface area contributed by atoms with Crippen LogP contribution in [-0.2, 0) is 6.18 Å². The molecule has 0 spiro atoms. The van der Waals surface area contributed by atoms with Crippen molar-refractivity contribution in [3.63, 3.8) is 0 Å². The molecule has 0 aliphatic rings. The van der Waals surface area contributed by atoms with Crippen molar-refractivity contribution in [2.45, 2.75) is 19.5 Å². The van der Waals surface area contributed by atoms with Gasteiger partial charge in [0, 0.05) is 13.6 Å². The summed E-state index contributed by atoms with van der Waals surface area (Å²) in [5, 5.41) is 0. The van der Waals surface area contributed by atoms with Crippen LogP contribution in [0, 0.1) is 0 Å². The van der Waals surface area contributed by atoms with Gasteiger partial charge in [-0.3, -0.25) is 0 Å². The van der Waals surface area contributed by atoms with Crippen LogP contribution in [0.1, 0.15) is 19.0 Å². The molecule has 0 amide bonds. The standard InChI is InChI=1S/C10H14F3N3/c1-3-4-16(2)8-5-9(10(11,12)13)15-6-7(8)14/h5-6H,3-4,14H2,1-2H3. The van der Waals surface area contributed by atoms with Crippen molar-refractivity contribution in [3.8, 4) is 0 Å². The molecule has 0 bridgehead atoms. The predicted octanol–water partition coefficient (Wildman–Crippen LogP) is 2.53. The number of aromatic nitrogens is 1. The van der Waals surface area contributed by atoms with E-state index in [1.807, 2.05) is 6.92 Å². The molecule has 1 heterocycles. The second kappa shape index (κ2) is 4.59. The van der Waals surface area contributed by atoms with Crippen molar-refractivity contribution < 1.29 is 13.2 Å². The summed E-state index contributed by atoms with van der Waals surface area (Å²) in [5.41, 5.74) is 5.29. The van der Waals surface area contributed by atoms with Crippen LogP contribution in [0.4, 0.5) is 24.5 Å². The van der Waals surface area contributed by atoms with Gasteiger partial charge in [-0.05, 0) is 12.5 Å². The lowest BCUT2D eigenvalue weighted by Gasteiger charge is -2.21. The molecule has 16 heavy (non-hydrogen) atoms. The number of halogens is 3. The van der Waals surface area contributed by atoms with Crippen LogP contribution in [0.25, 0.3) is 0 Å². The van der Waals surface area contributed by atoms with Crippen molar-refractivity contribution in [1.29, 1.82) is 0 Å². The first-order chi connectivity index (χ1) is 7.36. The van der Waals surface area contributed by atoms with Gasteiger partial charge in [-0.1, -0.05) is 6.92 Å². The Bertz CT molecular complexity index is 363. The lowest BCUT2D eigenvalue weighted by atomic mass is 10.2. The third kappa shape index (κ3) is 2.77. The summed E-state index contributed by atoms with van der Waals surface area (Å²) < 4.78 is 37.3. The fourth-order valence-corrected chi connectivity index (χ4v) is 1.40. The van der Waals surface area contributed by atoms with Crippen LogP contribution in [0.5, 0.6) is 0 Å². The number of nitrogens with zero attached hydrogens (tertiary/aromatic N) is 2. The van der Waals surface area contributed by atoms with E-state index in [2.05, 4.69) is 4.98 Å². The van der Waals surface area contributed by atoms with Gasteiger partial charge < -0.3 is 10.6 Å². The number of hydrogen-bond donors (Lipinski definition) is 1. The fourth-order valence-electron chi connectivity index (χ4n) is 1.40. The summed E-state index contributed by atoms with van der Waals surface area (Å²) in [5.74, 6) is 0. The molecule has 3 nitrogen and oxygen atoms in total. The van der Waals surface area contributed by atoms with Gasteiger partial charge in [0.05, 0.1) is 17.6 Å². The average Bonchev–Trinajstić information content (AvgIpc) is 2.16. The minimum atomic E-state index is -4.44. The first kappa shape index (κ1) is 12.6. The highest BCUT2D eigenvalue weighted by Gasteiger charge is 2.33. The Balaban J connectivity index is 3.09. The molecule has 6 heteroatoms. The minimum Gasteiger partial charge on any atom is -0.396 e. The first-order valence-corrected chi connectivity index (χ1v) is 4.90. The molecule has 0 aliphatic heterocycles. The zero-order chi connectivity index (χ0) is 12.3. The average molecular weight is 233 g/mol. The first-order valence-electron chi connectivity index (χ1n) is 4.90. The molecule has 90 valence electrons. The highest BCUT2D eigenvalue weighted by molar-refractivity contribution is 5.66. The molecule has 0 saturated heterocycles. The largest absolute Gasteiger partial charge is 0.433 e. The van der Waals surface area contributed by atoms with Gasteiger partial charge in [0.15, 0.2) is 0 Å². The number of alkyl halides is 3. The monoisotopic (exact) mass is 233 g/mol. The fraction of sp³-hybridized carbons (Fsp3) is 0.500. The normalized spacial score (nSPS) is 11.6. The molecular weight excluding hydrogens is 219 g/mol. The number of rotatable bonds is 3. The Morgan fingerprint density at radius 2 is 2.06 bits per heavy atom. The Morgan fingerprint density at radius 1 is 1.44 bits per heavy atom. The van der Waals surface area contributed by atoms with Crippen molar-refractivity contribution in [3.05, 3.63) is 18.0 Å². The summed E-state index contributed by atoms with van der Waals surface area (Å²) >= 11 is 0. The SMILES string of the molecule is CCCN(C)c1cc(C(F)(F)F)ncc1N. The Hall–Kier alpha value is -1.46. The Morgan fingerprint density at radius 3 is 2.56 bits per heavy atom. The van der Waals surface area contributed by atoms with Crippen molar-refractivity contribution >= 4 is 11.4 Å². The van der Waals surface area contributed by atoms with Crippen LogP contribution in [0.3, 0.4) is 0 Å². The summed E-state index contributed by atoms with van der Waals surface area (Å²) in [6.45, 7) is 2.59. The molecule has 0 atom stereocenters. The van der Waals surface area contributed by atoms with E-state index < -0.39 is 11.9 Å². The van der Waals surface area contributed by atoms with Gasteiger partial charge >= 0.3 is 6.18 Å². The third-order valence-electron chi connectivity index (χ3n) is 2.17. The number of pyridine rings is 1. The van der Waals surface area contributed by atoms with Crippen molar-refractivity contribution in [2.24, 2.45) is 0 Å². The van der Waals surface area contributed by atoms with E-state index >= 15 is 0 Å². The minimum absolute atomic E-state index is 0.254. The van der Waals surface area contributed by atoms with Gasteiger partial charge in [-0.15, -0.1) is 0 Å². The van der Waals surface area contributed by atoms with Crippen molar-refractivity contribution in [1.82, 2.24) is 4.98 Å². The maximum absolute atomic E-state index is 12.4. The van der Waals surface area contributed by atoms with E-state index in [1.54, 1.807) is 11.9 Å². The molecule has 1 aromatic rings. The molecule has 0 unspecified atom stereocenters. The lowest BCUT2D eigenvalue weighted by molar-refractivity contribution is -0.141. The number of hydrogen-bond acceptors (Lipinski definition) is 3. The van der Waals surface area contributed by atoms with Crippen LogP contribution in [-0.4, -0.2) is 18.6 Å². The smallest absolute Gasteiger partial charge is 0.396 e. The molecule has 1 rings (SSSR count). The van der Waals surface area contributed by atoms with Crippen LogP contribution >= 0.6 is 0 Å². The highest BCUT2D eigenvalue weighted by atomic mass is 19.4. The predicted molar refractivity (Wildman–Crippen MR) is 57.2 cm³/mol. The number of anilines is 2. The van der Waals surface area contributed by atoms with Gasteiger partial charge in [0.25, 0.3) is 0 Å². The van der Waals surface area contributed by atoms with Crippen molar-refractivity contribution in [2.75, 3.05) is 24.2 Å². The molecule has 0 radical (unpaired) electrons. The van der Waals surface area contributed by atoms with Gasteiger partial charge in [-0.25, -0.2) is 4.98 Å². The summed E-state index contributed by atoms with van der Waals surface area (Å²) in [4.78, 5) is 4.96. The van der Waals surface area contributed by atoms with E-state index in [4.69, 9.17) is 5.73 Å². The van der Waals surface area contributed by atoms with Crippen LogP contribution < -0.4 is 10.6 Å². The molecule has 0 fully saturated rings. The molecule has 0 aliphatic carbocycles. The van der Waals surface area contributed by atoms with E-state index in [0.717, 1.165) is 18.7 Å². The zero-order valence-corrected chi connectivity index (χ0v) is 9.17. The Labute approximate surface area is 92.1 Å². The van der Waals surface area contributed by atoms with E-state index in [0.29, 0.717) is 12.2 Å². The van der Waals surface area contributed by atoms with Crippen LogP contribution in [0.2, 0.25) is 0 Å². The molecule has 0 saturated carbocycles. The highest BCUT2D eigenvalue weighted by Crippen LogP contribution is 2.32. The lowest BCUT2D eigenvalue weighted by Crippen LogP contribution is -2.20. The summed E-state index contributed by atoms with van der Waals surface area (Å²) in [6, 6.07) is 0.977. The number of nitrogens with two attached hydrogens (primary N) is 1. The van der Waals surface area contributed by atoms with Crippen LogP contribution in [0.15, 0.2) is 12.3 Å². The molecular formula is C10H14F3N3. The second-order valence-electron chi connectivity index (χ2n) is 3.55. The maximum Gasteiger partial charge on any atom is 0.433 e. The summed E-state index contributed by atoms with van der Waals surface area (Å²) in [6.07, 6.45) is -2.56. The second-order valence-corrected chi connectivity index (χ2v) is 3.55. The van der Waals surface area contributed by atoms with E-state index in [9.17, 15) is 13.2 Å². The van der Waals surface area contributed by atoms with Gasteiger partial charge in [-0.2, -0.15) is 13.2 Å². The Kier molecular flexibility index (Phi) is 3.62. The van der Waals surface area contributed by atoms with E-state index in [1.165, 1.54) is 0 Å². The van der Waals surface area contributed by atoms with E-state index in [-0.39, 0.29) is 5.69 Å². The molecule has 0 aromatic carbocycles. The molecule has 1 aromatic heterocycles. The topological polar surface area (TPSA) is 42.2 Å². The zero-order valence-electron chi connectivity index (χ0n) is 9.17. The summed E-state index contributed by atoms with van der Waals surface area (Å²) in [7, 11) is 1.70.